The van der Waals surface area contributed by atoms with Crippen molar-refractivity contribution in [3.8, 4) is 100 Å². The fourth-order valence-electron chi connectivity index (χ4n) is 23.9. The Bertz CT molecular complexity index is 5720. The Kier molecular flexibility index (Phi) is 13.3. The minimum absolute atomic E-state index is 0.196. The van der Waals surface area contributed by atoms with Crippen LogP contribution in [0.5, 0.6) is 0 Å². The molecule has 0 heteroatoms. The van der Waals surface area contributed by atoms with E-state index in [9.17, 15) is 0 Å². The van der Waals surface area contributed by atoms with Crippen molar-refractivity contribution in [2.45, 2.75) is 75.0 Å². The minimum atomic E-state index is 0.196. The van der Waals surface area contributed by atoms with E-state index in [2.05, 4.69) is 315 Å². The molecular formula is C102H80. The molecule has 10 aliphatic carbocycles. The van der Waals surface area contributed by atoms with Crippen LogP contribution in [-0.2, 0) is 10.8 Å². The lowest BCUT2D eigenvalue weighted by molar-refractivity contribution is -0.0399. The van der Waals surface area contributed by atoms with Crippen LogP contribution in [0.2, 0.25) is 0 Å². The average molecular weight is 1310 g/mol. The average Bonchev–Trinajstić information content (AvgIpc) is 1.50. The summed E-state index contributed by atoms with van der Waals surface area (Å²) in [5.41, 5.74) is 30.9. The van der Waals surface area contributed by atoms with Crippen LogP contribution >= 0.6 is 0 Å². The molecule has 10 aliphatic rings. The van der Waals surface area contributed by atoms with E-state index in [4.69, 9.17) is 0 Å². The van der Waals surface area contributed by atoms with Crippen molar-refractivity contribution < 1.29 is 0 Å². The van der Waals surface area contributed by atoms with E-state index in [0.717, 1.165) is 47.3 Å². The van der Waals surface area contributed by atoms with E-state index in [0.29, 0.717) is 0 Å². The molecule has 488 valence electrons. The highest BCUT2D eigenvalue weighted by atomic mass is 14.7. The van der Waals surface area contributed by atoms with Crippen LogP contribution in [0.4, 0.5) is 0 Å². The zero-order chi connectivity index (χ0) is 66.8. The Morgan fingerprint density at radius 3 is 0.775 bits per heavy atom. The number of hydrogen-bond acceptors (Lipinski definition) is 0. The summed E-state index contributed by atoms with van der Waals surface area (Å²) in [6, 6.07) is 119. The number of benzene rings is 15. The Labute approximate surface area is 599 Å². The third-order valence-corrected chi connectivity index (χ3v) is 27.3. The number of fused-ring (bicyclic) bond motifs is 10. The van der Waals surface area contributed by atoms with Crippen molar-refractivity contribution in [1.82, 2.24) is 0 Å². The van der Waals surface area contributed by atoms with Crippen LogP contribution < -0.4 is 0 Å². The fraction of sp³-hybridized carbons (Fsp3) is 0.196. The van der Waals surface area contributed by atoms with Gasteiger partial charge in [-0.15, -0.1) is 0 Å². The summed E-state index contributed by atoms with van der Waals surface area (Å²) in [7, 11) is 0. The van der Waals surface area contributed by atoms with Crippen molar-refractivity contribution in [2.75, 3.05) is 0 Å². The van der Waals surface area contributed by atoms with Gasteiger partial charge < -0.3 is 0 Å². The van der Waals surface area contributed by atoms with Gasteiger partial charge in [0.2, 0.25) is 0 Å². The molecule has 102 heavy (non-hydrogen) atoms. The highest BCUT2D eigenvalue weighted by Gasteiger charge is 2.63. The molecule has 0 unspecified atom stereocenters. The van der Waals surface area contributed by atoms with Gasteiger partial charge >= 0.3 is 0 Å². The van der Waals surface area contributed by atoms with Gasteiger partial charge in [-0.3, -0.25) is 0 Å². The topological polar surface area (TPSA) is 0 Å². The van der Waals surface area contributed by atoms with Gasteiger partial charge in [-0.2, -0.15) is 0 Å². The van der Waals surface area contributed by atoms with Crippen LogP contribution in [-0.4, -0.2) is 0 Å². The fourth-order valence-corrected chi connectivity index (χ4v) is 23.9. The summed E-state index contributed by atoms with van der Waals surface area (Å²) in [4.78, 5) is 0. The maximum Gasteiger partial charge on any atom is 0.0271 e. The highest BCUT2D eigenvalue weighted by molar-refractivity contribution is 6.23. The summed E-state index contributed by atoms with van der Waals surface area (Å²) < 4.78 is 0. The number of hydrogen-bond donors (Lipinski definition) is 0. The molecule has 8 bridgehead atoms. The van der Waals surface area contributed by atoms with Gasteiger partial charge in [0, 0.05) is 10.8 Å². The maximum absolute atomic E-state index is 2.58. The monoisotopic (exact) mass is 1300 g/mol. The van der Waals surface area contributed by atoms with Crippen LogP contribution in [0.15, 0.2) is 315 Å². The lowest BCUT2D eigenvalue weighted by Crippen LogP contribution is -2.55. The van der Waals surface area contributed by atoms with E-state index in [1.165, 1.54) is 207 Å². The molecule has 0 nitrogen and oxygen atoms in total. The van der Waals surface area contributed by atoms with Crippen molar-refractivity contribution >= 4 is 43.1 Å². The van der Waals surface area contributed by atoms with Crippen molar-refractivity contribution in [3.05, 3.63) is 338 Å². The Hall–Kier alpha value is -10.7. The predicted molar refractivity (Wildman–Crippen MR) is 427 cm³/mol. The van der Waals surface area contributed by atoms with Crippen molar-refractivity contribution in [2.24, 2.45) is 47.3 Å². The number of rotatable bonds is 7. The molecule has 0 atom stereocenters. The maximum atomic E-state index is 2.58. The first-order valence-electron chi connectivity index (χ1n) is 38.3. The zero-order valence-electron chi connectivity index (χ0n) is 57.7. The van der Waals surface area contributed by atoms with E-state index in [-0.39, 0.29) is 10.8 Å². The lowest BCUT2D eigenvalue weighted by Gasteiger charge is -2.61. The Morgan fingerprint density at radius 2 is 0.412 bits per heavy atom. The van der Waals surface area contributed by atoms with E-state index in [1.807, 2.05) is 0 Å². The Balaban J connectivity index is 0.000000130. The molecule has 15 aromatic carbocycles. The molecule has 0 aromatic heterocycles. The van der Waals surface area contributed by atoms with Gasteiger partial charge in [0.15, 0.2) is 0 Å². The predicted octanol–water partition coefficient (Wildman–Crippen LogP) is 27.1. The highest BCUT2D eigenvalue weighted by Crippen LogP contribution is 2.71. The standard InChI is InChI=1S/C54H42.C48H38/c1-2-10-36(11-3-1)37-18-20-38(21-19-37)39-22-24-40(25-23-39)52-45-13-4-6-15-47(45)53(48-16-7-5-14-46(48)52)41-26-27-51-49(33-41)44-12-8-9-17-50(44)54(51)42-29-34-28-35(31-42)32-43(54)30-34;1-2-11-32(12-3-1)33-13-10-14-34(28-33)46-39-16-4-6-18-41(39)47(42-19-7-5-17-40(42)46)35-21-22-45-43(29-35)38-15-8-9-20-44(38)48(45)36-24-30-23-31(26-36)27-37(48)25-30/h1-27,33-35,42-43H,28-32H2;1-22,28-31,36-37H,23-27H2. The lowest BCUT2D eigenvalue weighted by atomic mass is 9.43. The van der Waals surface area contributed by atoms with Gasteiger partial charge in [0.25, 0.3) is 0 Å². The summed E-state index contributed by atoms with van der Waals surface area (Å²) in [6.07, 6.45) is 14.3. The molecule has 0 N–H and O–H groups in total. The van der Waals surface area contributed by atoms with Gasteiger partial charge in [0.05, 0.1) is 0 Å². The molecule has 0 heterocycles. The molecule has 25 rings (SSSR count). The summed E-state index contributed by atoms with van der Waals surface area (Å²) in [5, 5.41) is 10.5. The van der Waals surface area contributed by atoms with Gasteiger partial charge in [-0.1, -0.05) is 297 Å². The molecule has 8 saturated carbocycles. The molecule has 0 amide bonds. The van der Waals surface area contributed by atoms with E-state index < -0.39 is 0 Å². The molecule has 0 aliphatic heterocycles. The second-order valence-electron chi connectivity index (χ2n) is 32.1. The first-order chi connectivity index (χ1) is 50.5. The van der Waals surface area contributed by atoms with Gasteiger partial charge in [-0.05, 0) is 295 Å². The molecular weight excluding hydrogens is 1230 g/mol. The smallest absolute Gasteiger partial charge is 0.0271 e. The molecule has 2 spiro atoms. The van der Waals surface area contributed by atoms with E-state index >= 15 is 0 Å². The molecule has 8 fully saturated rings. The second kappa shape index (κ2) is 22.9. The first-order valence-corrected chi connectivity index (χ1v) is 38.3. The van der Waals surface area contributed by atoms with Crippen molar-refractivity contribution in [3.63, 3.8) is 0 Å². The summed E-state index contributed by atoms with van der Waals surface area (Å²) in [5.74, 6) is 6.95. The first kappa shape index (κ1) is 59.1. The SMILES string of the molecule is c1ccc(-c2ccc(-c3ccc(-c4c5ccccc5c(-c5ccc6c(c5)-c5ccccc5C65C6CC7CC(C6)CC5C7)c5ccccc45)cc3)cc2)cc1.c1ccc(-c2cccc(-c3c4ccccc4c(-c4ccc5c(c4)-c4ccccc4C54C5CC6CC(C5)CC4C6)c4ccccc34)c2)cc1. The third kappa shape index (κ3) is 8.68. The molecule has 0 saturated heterocycles. The molecule has 0 radical (unpaired) electrons. The van der Waals surface area contributed by atoms with Gasteiger partial charge in [0.1, 0.15) is 0 Å². The normalized spacial score (nSPS) is 24.0. The van der Waals surface area contributed by atoms with E-state index in [1.54, 1.807) is 22.3 Å². The second-order valence-corrected chi connectivity index (χ2v) is 32.1. The van der Waals surface area contributed by atoms with Crippen LogP contribution in [0.1, 0.15) is 86.5 Å². The van der Waals surface area contributed by atoms with Gasteiger partial charge in [-0.25, -0.2) is 0 Å². The zero-order valence-corrected chi connectivity index (χ0v) is 57.7. The summed E-state index contributed by atoms with van der Waals surface area (Å²) >= 11 is 0. The van der Waals surface area contributed by atoms with Crippen LogP contribution in [0, 0.1) is 47.3 Å². The third-order valence-electron chi connectivity index (χ3n) is 27.3. The van der Waals surface area contributed by atoms with Crippen molar-refractivity contribution in [1.29, 1.82) is 0 Å². The largest absolute Gasteiger partial charge is 0.0622 e. The Morgan fingerprint density at radius 1 is 0.167 bits per heavy atom. The van der Waals surface area contributed by atoms with Crippen LogP contribution in [0.3, 0.4) is 0 Å². The molecule has 15 aromatic rings. The van der Waals surface area contributed by atoms with Crippen LogP contribution in [0.25, 0.3) is 143 Å². The quantitative estimate of drug-likeness (QED) is 0.140. The minimum Gasteiger partial charge on any atom is -0.0622 e. The summed E-state index contributed by atoms with van der Waals surface area (Å²) in [6.45, 7) is 0.